The molecule has 1 heterocycles. The molecule has 0 radical (unpaired) electrons. The summed E-state index contributed by atoms with van der Waals surface area (Å²) in [5.74, 6) is 3.02. The van der Waals surface area contributed by atoms with E-state index in [1.165, 1.54) is 4.90 Å². The van der Waals surface area contributed by atoms with Crippen LogP contribution in [-0.4, -0.2) is 25.3 Å². The van der Waals surface area contributed by atoms with E-state index in [4.69, 9.17) is 15.9 Å². The summed E-state index contributed by atoms with van der Waals surface area (Å²) in [6.45, 7) is 0.314. The second-order valence-corrected chi connectivity index (χ2v) is 5.23. The van der Waals surface area contributed by atoms with Gasteiger partial charge >= 0.3 is 0 Å². The van der Waals surface area contributed by atoms with Crippen LogP contribution >= 0.6 is 0 Å². The average Bonchev–Trinajstić information content (AvgIpc) is 2.62. The molecule has 3 rings (SSSR count). The van der Waals surface area contributed by atoms with E-state index in [2.05, 4.69) is 5.92 Å². The quantitative estimate of drug-likeness (QED) is 0.627. The molecule has 0 spiro atoms. The van der Waals surface area contributed by atoms with Gasteiger partial charge in [0.1, 0.15) is 12.9 Å². The first-order valence-electron chi connectivity index (χ1n) is 7.39. The number of nitrogens with zero attached hydrogens (tertiary/aromatic N) is 1. The maximum atomic E-state index is 12.0. The van der Waals surface area contributed by atoms with Crippen LogP contribution in [0.3, 0.4) is 0 Å². The van der Waals surface area contributed by atoms with Crippen molar-refractivity contribution in [3.8, 4) is 23.8 Å². The van der Waals surface area contributed by atoms with Gasteiger partial charge in [0, 0.05) is 5.56 Å². The summed E-state index contributed by atoms with van der Waals surface area (Å²) in [5, 5.41) is 0. The summed E-state index contributed by atoms with van der Waals surface area (Å²) in [7, 11) is 0. The van der Waals surface area contributed by atoms with Crippen LogP contribution in [0.15, 0.2) is 42.5 Å². The van der Waals surface area contributed by atoms with E-state index in [1.54, 1.807) is 12.1 Å². The Hall–Kier alpha value is -3.26. The van der Waals surface area contributed by atoms with Gasteiger partial charge in [0.2, 0.25) is 0 Å². The highest BCUT2D eigenvalue weighted by molar-refractivity contribution is 6.00. The maximum Gasteiger partial charge on any atom is 0.265 e. The zero-order chi connectivity index (χ0) is 16.9. The van der Waals surface area contributed by atoms with Crippen molar-refractivity contribution < 1.29 is 19.1 Å². The van der Waals surface area contributed by atoms with Crippen LogP contribution in [0.5, 0.6) is 11.5 Å². The molecule has 5 heteroatoms. The number of carbonyl (C=O) groups is 2. The highest BCUT2D eigenvalue weighted by Crippen LogP contribution is 2.41. The van der Waals surface area contributed by atoms with Gasteiger partial charge in [-0.25, -0.2) is 0 Å². The number of rotatable bonds is 5. The lowest BCUT2D eigenvalue weighted by molar-refractivity contribution is -0.121. The minimum atomic E-state index is -0.252. The number of benzene rings is 2. The lowest BCUT2D eigenvalue weighted by Gasteiger charge is -2.29. The number of terminal acetylenes is 1. The Morgan fingerprint density at radius 3 is 2.79 bits per heavy atom. The van der Waals surface area contributed by atoms with Gasteiger partial charge in [0.25, 0.3) is 5.91 Å². The van der Waals surface area contributed by atoms with Gasteiger partial charge in [-0.1, -0.05) is 36.3 Å². The predicted octanol–water partition coefficient (Wildman–Crippen LogP) is 2.44. The number of hydrogen-bond acceptors (Lipinski definition) is 4. The van der Waals surface area contributed by atoms with Gasteiger partial charge < -0.3 is 9.47 Å². The van der Waals surface area contributed by atoms with Gasteiger partial charge in [-0.05, 0) is 17.7 Å². The van der Waals surface area contributed by atoms with Crippen molar-refractivity contribution in [3.05, 3.63) is 53.6 Å². The number of amides is 1. The summed E-state index contributed by atoms with van der Waals surface area (Å²) in [6.07, 6.45) is 6.03. The normalized spacial score (nSPS) is 12.8. The fraction of sp³-hybridized carbons (Fsp3) is 0.158. The van der Waals surface area contributed by atoms with E-state index in [0.29, 0.717) is 35.6 Å². The summed E-state index contributed by atoms with van der Waals surface area (Å²) in [6, 6.07) is 12.8. The standard InChI is InChI=1S/C19H15NO4/c1-2-8-20-16-9-15(11-21)10-17(19(16)24-13-18(20)22)23-12-14-6-4-3-5-7-14/h1,3-7,9-11H,8,12-13H2. The van der Waals surface area contributed by atoms with E-state index in [9.17, 15) is 9.59 Å². The van der Waals surface area contributed by atoms with Crippen molar-refractivity contribution >= 4 is 17.9 Å². The number of fused-ring (bicyclic) bond motifs is 1. The monoisotopic (exact) mass is 321 g/mol. The minimum absolute atomic E-state index is 0.107. The van der Waals surface area contributed by atoms with Crippen LogP contribution in [0.1, 0.15) is 15.9 Å². The first kappa shape index (κ1) is 15.6. The van der Waals surface area contributed by atoms with Crippen molar-refractivity contribution in [2.24, 2.45) is 0 Å². The molecule has 0 saturated carbocycles. The number of aldehydes is 1. The van der Waals surface area contributed by atoms with Crippen LogP contribution in [-0.2, 0) is 11.4 Å². The van der Waals surface area contributed by atoms with Crippen LogP contribution < -0.4 is 14.4 Å². The summed E-state index contributed by atoms with van der Waals surface area (Å²) in [4.78, 5) is 24.7. The van der Waals surface area contributed by atoms with Crippen LogP contribution in [0, 0.1) is 12.3 Å². The fourth-order valence-electron chi connectivity index (χ4n) is 2.48. The molecule has 1 aliphatic heterocycles. The Bertz CT molecular complexity index is 808. The SMILES string of the molecule is C#CCN1C(=O)COc2c(OCc3ccccc3)cc(C=O)cc21. The van der Waals surface area contributed by atoms with Crippen LogP contribution in [0.4, 0.5) is 5.69 Å². The van der Waals surface area contributed by atoms with Gasteiger partial charge in [0.15, 0.2) is 18.1 Å². The maximum absolute atomic E-state index is 12.0. The molecule has 120 valence electrons. The van der Waals surface area contributed by atoms with E-state index in [0.717, 1.165) is 5.56 Å². The predicted molar refractivity (Wildman–Crippen MR) is 89.3 cm³/mol. The van der Waals surface area contributed by atoms with Crippen LogP contribution in [0.25, 0.3) is 0 Å². The first-order chi connectivity index (χ1) is 11.7. The molecule has 0 bridgehead atoms. The lowest BCUT2D eigenvalue weighted by Crippen LogP contribution is -2.39. The molecular weight excluding hydrogens is 306 g/mol. The van der Waals surface area contributed by atoms with E-state index in [-0.39, 0.29) is 19.1 Å². The van der Waals surface area contributed by atoms with Gasteiger partial charge in [-0.2, -0.15) is 0 Å². The average molecular weight is 321 g/mol. The van der Waals surface area contributed by atoms with Crippen molar-refractivity contribution in [3.63, 3.8) is 0 Å². The smallest absolute Gasteiger partial charge is 0.265 e. The molecular formula is C19H15NO4. The van der Waals surface area contributed by atoms with Gasteiger partial charge in [-0.3, -0.25) is 14.5 Å². The molecule has 0 aliphatic carbocycles. The molecule has 0 atom stereocenters. The van der Waals surface area contributed by atoms with Gasteiger partial charge in [0.05, 0.1) is 12.2 Å². The van der Waals surface area contributed by atoms with Crippen molar-refractivity contribution in [2.45, 2.75) is 6.61 Å². The number of anilines is 1. The summed E-state index contributed by atoms with van der Waals surface area (Å²) >= 11 is 0. The van der Waals surface area contributed by atoms with E-state index in [1.807, 2.05) is 30.3 Å². The highest BCUT2D eigenvalue weighted by atomic mass is 16.5. The fourth-order valence-corrected chi connectivity index (χ4v) is 2.48. The Labute approximate surface area is 139 Å². The molecule has 2 aromatic carbocycles. The molecule has 24 heavy (non-hydrogen) atoms. The van der Waals surface area contributed by atoms with E-state index >= 15 is 0 Å². The zero-order valence-electron chi connectivity index (χ0n) is 12.9. The molecule has 1 amide bonds. The van der Waals surface area contributed by atoms with Crippen molar-refractivity contribution in [1.82, 2.24) is 0 Å². The molecule has 2 aromatic rings. The highest BCUT2D eigenvalue weighted by Gasteiger charge is 2.28. The lowest BCUT2D eigenvalue weighted by atomic mass is 10.1. The zero-order valence-corrected chi connectivity index (χ0v) is 12.9. The molecule has 0 unspecified atom stereocenters. The van der Waals surface area contributed by atoms with Crippen LogP contribution in [0.2, 0.25) is 0 Å². The second-order valence-electron chi connectivity index (χ2n) is 5.23. The van der Waals surface area contributed by atoms with Gasteiger partial charge in [-0.15, -0.1) is 6.42 Å². The number of carbonyl (C=O) groups excluding carboxylic acids is 2. The second kappa shape index (κ2) is 6.88. The number of ether oxygens (including phenoxy) is 2. The largest absolute Gasteiger partial charge is 0.485 e. The molecule has 0 fully saturated rings. The van der Waals surface area contributed by atoms with E-state index < -0.39 is 0 Å². The van der Waals surface area contributed by atoms with Crippen molar-refractivity contribution in [2.75, 3.05) is 18.1 Å². The molecule has 1 aliphatic rings. The Balaban J connectivity index is 1.96. The Morgan fingerprint density at radius 2 is 2.08 bits per heavy atom. The summed E-state index contributed by atoms with van der Waals surface area (Å²) in [5.41, 5.74) is 1.82. The molecule has 5 nitrogen and oxygen atoms in total. The minimum Gasteiger partial charge on any atom is -0.485 e. The topological polar surface area (TPSA) is 55.8 Å². The Morgan fingerprint density at radius 1 is 1.29 bits per heavy atom. The molecule has 0 N–H and O–H groups in total. The van der Waals surface area contributed by atoms with Crippen molar-refractivity contribution in [1.29, 1.82) is 0 Å². The first-order valence-corrected chi connectivity index (χ1v) is 7.39. The number of hydrogen-bond donors (Lipinski definition) is 0. The third-order valence-corrected chi connectivity index (χ3v) is 3.61. The molecule has 0 aromatic heterocycles. The molecule has 0 saturated heterocycles. The Kier molecular flexibility index (Phi) is 4.48. The summed E-state index contributed by atoms with van der Waals surface area (Å²) < 4.78 is 11.4. The third-order valence-electron chi connectivity index (χ3n) is 3.61. The third kappa shape index (κ3) is 3.08.